The number of nitrogens with zero attached hydrogens (tertiary/aromatic N) is 3. The number of hydrogen-bond acceptors (Lipinski definition) is 6. The number of benzene rings is 1. The van der Waals surface area contributed by atoms with E-state index in [-0.39, 0.29) is 23.9 Å². The zero-order chi connectivity index (χ0) is 22.1. The number of methoxy groups -OCH3 is 1. The van der Waals surface area contributed by atoms with Crippen molar-refractivity contribution in [3.8, 4) is 5.75 Å². The molecule has 162 valence electrons. The number of ether oxygens (including phenoxy) is 1. The Morgan fingerprint density at radius 2 is 1.81 bits per heavy atom. The van der Waals surface area contributed by atoms with Crippen LogP contribution in [0.3, 0.4) is 0 Å². The Kier molecular flexibility index (Phi) is 6.18. The molecule has 0 aliphatic carbocycles. The lowest BCUT2D eigenvalue weighted by Gasteiger charge is -2.31. The first-order valence-corrected chi connectivity index (χ1v) is 10.5. The summed E-state index contributed by atoms with van der Waals surface area (Å²) in [6.07, 6.45) is 2.89. The van der Waals surface area contributed by atoms with E-state index in [0.29, 0.717) is 51.0 Å². The zero-order valence-corrected chi connectivity index (χ0v) is 18.7. The van der Waals surface area contributed by atoms with Crippen LogP contribution < -0.4 is 4.74 Å². The van der Waals surface area contributed by atoms with Gasteiger partial charge in [-0.05, 0) is 25.2 Å². The number of furan rings is 1. The van der Waals surface area contributed by atoms with Crippen LogP contribution in [-0.2, 0) is 6.42 Å². The summed E-state index contributed by atoms with van der Waals surface area (Å²) in [6, 6.07) is 4.92. The van der Waals surface area contributed by atoms with Crippen LogP contribution in [0.4, 0.5) is 0 Å². The van der Waals surface area contributed by atoms with Gasteiger partial charge in [0.05, 0.1) is 17.2 Å². The summed E-state index contributed by atoms with van der Waals surface area (Å²) < 4.78 is 11.3. The van der Waals surface area contributed by atoms with Crippen LogP contribution in [0.5, 0.6) is 5.75 Å². The summed E-state index contributed by atoms with van der Waals surface area (Å²) in [6.45, 7) is 2.83. The molecule has 1 saturated heterocycles. The van der Waals surface area contributed by atoms with Crippen molar-refractivity contribution in [3.63, 3.8) is 0 Å². The first-order valence-electron chi connectivity index (χ1n) is 9.78. The lowest BCUT2D eigenvalue weighted by Crippen LogP contribution is -2.47. The Balaban J connectivity index is 1.70. The van der Waals surface area contributed by atoms with Crippen LogP contribution in [-0.4, -0.2) is 66.8 Å². The Morgan fingerprint density at radius 1 is 1.13 bits per heavy atom. The van der Waals surface area contributed by atoms with Gasteiger partial charge in [-0.15, -0.1) is 0 Å². The van der Waals surface area contributed by atoms with Crippen molar-refractivity contribution in [2.24, 2.45) is 0 Å². The molecule has 0 radical (unpaired) electrons. The number of carbonyl (C=O) groups excluding carboxylic acids is 2. The van der Waals surface area contributed by atoms with Gasteiger partial charge >= 0.3 is 0 Å². The maximum absolute atomic E-state index is 13.1. The van der Waals surface area contributed by atoms with E-state index in [1.54, 1.807) is 23.1 Å². The second-order valence-electron chi connectivity index (χ2n) is 7.45. The average Bonchev–Trinajstić information content (AvgIpc) is 3.21. The van der Waals surface area contributed by atoms with Crippen LogP contribution in [0, 0.1) is 0 Å². The molecule has 0 bridgehead atoms. The predicted molar refractivity (Wildman–Crippen MR) is 118 cm³/mol. The summed E-state index contributed by atoms with van der Waals surface area (Å²) >= 11 is 12.4. The normalized spacial score (nSPS) is 14.8. The van der Waals surface area contributed by atoms with E-state index in [0.717, 1.165) is 13.1 Å². The number of piperazine rings is 1. The van der Waals surface area contributed by atoms with E-state index in [1.807, 2.05) is 7.05 Å². The van der Waals surface area contributed by atoms with Gasteiger partial charge in [0.15, 0.2) is 22.9 Å². The third kappa shape index (κ3) is 4.26. The number of ketones is 1. The van der Waals surface area contributed by atoms with Crippen molar-refractivity contribution >= 4 is 45.9 Å². The van der Waals surface area contributed by atoms with Crippen LogP contribution in [0.25, 0.3) is 11.0 Å². The van der Waals surface area contributed by atoms with Gasteiger partial charge in [-0.2, -0.15) is 0 Å². The Morgan fingerprint density at radius 3 is 2.45 bits per heavy atom. The number of rotatable bonds is 5. The number of aromatic nitrogens is 1. The molecule has 2 aromatic heterocycles. The third-order valence-corrected chi connectivity index (χ3v) is 6.11. The molecule has 1 aliphatic heterocycles. The summed E-state index contributed by atoms with van der Waals surface area (Å²) in [4.78, 5) is 33.9. The minimum atomic E-state index is -0.206. The van der Waals surface area contributed by atoms with Crippen molar-refractivity contribution in [2.45, 2.75) is 6.42 Å². The maximum atomic E-state index is 13.1. The Labute approximate surface area is 189 Å². The molecule has 3 heterocycles. The van der Waals surface area contributed by atoms with E-state index in [2.05, 4.69) is 9.88 Å². The van der Waals surface area contributed by atoms with Crippen molar-refractivity contribution in [2.75, 3.05) is 40.3 Å². The first-order chi connectivity index (χ1) is 14.9. The highest BCUT2D eigenvalue weighted by Crippen LogP contribution is 2.34. The molecule has 3 aromatic rings. The molecule has 0 spiro atoms. The van der Waals surface area contributed by atoms with Gasteiger partial charge in [0, 0.05) is 61.5 Å². The predicted octanol–water partition coefficient (Wildman–Crippen LogP) is 3.96. The van der Waals surface area contributed by atoms with Gasteiger partial charge in [0.2, 0.25) is 0 Å². The van der Waals surface area contributed by atoms with Crippen LogP contribution in [0.15, 0.2) is 35.0 Å². The van der Waals surface area contributed by atoms with Crippen LogP contribution in [0.2, 0.25) is 10.0 Å². The molecule has 9 heteroatoms. The highest BCUT2D eigenvalue weighted by Gasteiger charge is 2.26. The average molecular weight is 462 g/mol. The van der Waals surface area contributed by atoms with Crippen molar-refractivity contribution in [3.05, 3.63) is 57.5 Å². The minimum Gasteiger partial charge on any atom is -0.493 e. The lowest BCUT2D eigenvalue weighted by atomic mass is 10.00. The van der Waals surface area contributed by atoms with E-state index in [9.17, 15) is 9.59 Å². The second kappa shape index (κ2) is 8.86. The van der Waals surface area contributed by atoms with E-state index in [4.69, 9.17) is 32.4 Å². The quantitative estimate of drug-likeness (QED) is 0.535. The molecule has 1 amide bonds. The summed E-state index contributed by atoms with van der Waals surface area (Å²) in [5, 5.41) is 1.16. The molecule has 0 N–H and O–H groups in total. The van der Waals surface area contributed by atoms with Gasteiger partial charge in [-0.25, -0.2) is 0 Å². The smallest absolute Gasteiger partial charge is 0.289 e. The molecule has 31 heavy (non-hydrogen) atoms. The second-order valence-corrected chi connectivity index (χ2v) is 8.26. The lowest BCUT2D eigenvalue weighted by molar-refractivity contribution is 0.0634. The molecule has 1 aromatic carbocycles. The standard InChI is InChI=1S/C22H21Cl2N3O4/c1-26-5-7-27(8-6-26)22(29)20-10-14-13(3-4-19(30-2)21(14)31-20)18(28)9-15-16(23)11-25-12-17(15)24/h3-4,10-12H,5-9H2,1-2H3. The molecule has 1 aliphatic rings. The largest absolute Gasteiger partial charge is 0.493 e. The van der Waals surface area contributed by atoms with Gasteiger partial charge in [0.25, 0.3) is 5.91 Å². The fraction of sp³-hybridized carbons (Fsp3) is 0.318. The minimum absolute atomic E-state index is 0.00542. The Bertz CT molecular complexity index is 1130. The van der Waals surface area contributed by atoms with Crippen molar-refractivity contribution < 1.29 is 18.7 Å². The maximum Gasteiger partial charge on any atom is 0.289 e. The highest BCUT2D eigenvalue weighted by molar-refractivity contribution is 6.36. The summed E-state index contributed by atoms with van der Waals surface area (Å²) in [5.41, 5.74) is 1.27. The molecule has 7 nitrogen and oxygen atoms in total. The molecule has 0 saturated carbocycles. The fourth-order valence-electron chi connectivity index (χ4n) is 3.64. The zero-order valence-electron chi connectivity index (χ0n) is 17.2. The fourth-order valence-corrected chi connectivity index (χ4v) is 4.13. The number of halogens is 2. The van der Waals surface area contributed by atoms with Gasteiger partial charge in [-0.1, -0.05) is 23.2 Å². The number of amides is 1. The van der Waals surface area contributed by atoms with Crippen LogP contribution >= 0.6 is 23.2 Å². The number of likely N-dealkylation sites (N-methyl/N-ethyl adjacent to an activating group) is 1. The number of Topliss-reactive ketones (excluding diaryl/α,β-unsaturated/α-hetero) is 1. The van der Waals surface area contributed by atoms with Crippen LogP contribution in [0.1, 0.15) is 26.5 Å². The molecular weight excluding hydrogens is 441 g/mol. The number of carbonyl (C=O) groups is 2. The van der Waals surface area contributed by atoms with Gasteiger partial charge in [0.1, 0.15) is 0 Å². The summed E-state index contributed by atoms with van der Waals surface area (Å²) in [5.74, 6) is 0.217. The number of hydrogen-bond donors (Lipinski definition) is 0. The SMILES string of the molecule is COc1ccc(C(=O)Cc2c(Cl)cncc2Cl)c2cc(C(=O)N3CCN(C)CC3)oc12. The molecule has 0 unspecified atom stereocenters. The third-order valence-electron chi connectivity index (χ3n) is 5.46. The van der Waals surface area contributed by atoms with Gasteiger partial charge < -0.3 is 19.0 Å². The first kappa shape index (κ1) is 21.6. The van der Waals surface area contributed by atoms with Gasteiger partial charge in [-0.3, -0.25) is 14.6 Å². The topological polar surface area (TPSA) is 75.9 Å². The summed E-state index contributed by atoms with van der Waals surface area (Å²) in [7, 11) is 3.53. The molecular formula is C22H21Cl2N3O4. The number of pyridine rings is 1. The highest BCUT2D eigenvalue weighted by atomic mass is 35.5. The van der Waals surface area contributed by atoms with E-state index >= 15 is 0 Å². The van der Waals surface area contributed by atoms with E-state index < -0.39 is 0 Å². The molecule has 0 atom stereocenters. The van der Waals surface area contributed by atoms with Crippen molar-refractivity contribution in [1.29, 1.82) is 0 Å². The molecule has 1 fully saturated rings. The monoisotopic (exact) mass is 461 g/mol. The Hall–Kier alpha value is -2.61. The molecule has 4 rings (SSSR count). The number of fused-ring (bicyclic) bond motifs is 1. The van der Waals surface area contributed by atoms with E-state index in [1.165, 1.54) is 19.5 Å². The van der Waals surface area contributed by atoms with Crippen molar-refractivity contribution in [1.82, 2.24) is 14.8 Å².